The molecule has 2 saturated heterocycles. The molecule has 1 saturated carbocycles. The van der Waals surface area contributed by atoms with Gasteiger partial charge in [0.15, 0.2) is 0 Å². The van der Waals surface area contributed by atoms with E-state index in [9.17, 15) is 9.59 Å². The number of carbonyl (C=O) groups is 2. The van der Waals surface area contributed by atoms with Gasteiger partial charge in [0.2, 0.25) is 0 Å². The fraction of sp³-hybridized carbons (Fsp3) is 0.875. The molecule has 0 aromatic heterocycles. The molecule has 0 atom stereocenters. The van der Waals surface area contributed by atoms with E-state index >= 15 is 0 Å². The molecule has 3 aliphatic rings. The van der Waals surface area contributed by atoms with Gasteiger partial charge in [0, 0.05) is 38.3 Å². The zero-order valence-corrected chi connectivity index (χ0v) is 13.8. The van der Waals surface area contributed by atoms with Crippen molar-refractivity contribution in [1.29, 1.82) is 0 Å². The fourth-order valence-corrected chi connectivity index (χ4v) is 4.18. The number of imide groups is 1. The Kier molecular flexibility index (Phi) is 4.16. The third-order valence-corrected chi connectivity index (χ3v) is 5.51. The SMILES string of the molecule is CC1(C)NC(=O)N(CCN2CCNCC23CCCCC3)C1=O. The second kappa shape index (κ2) is 5.81. The minimum absolute atomic E-state index is 0.106. The van der Waals surface area contributed by atoms with Crippen LogP contribution in [-0.4, -0.2) is 65.5 Å². The van der Waals surface area contributed by atoms with Gasteiger partial charge in [0.1, 0.15) is 5.54 Å². The minimum atomic E-state index is -0.761. The van der Waals surface area contributed by atoms with Crippen LogP contribution in [0.25, 0.3) is 0 Å². The van der Waals surface area contributed by atoms with Crippen LogP contribution in [0, 0.1) is 0 Å². The number of carbonyl (C=O) groups excluding carboxylic acids is 2. The van der Waals surface area contributed by atoms with Gasteiger partial charge in [-0.15, -0.1) is 0 Å². The Morgan fingerprint density at radius 1 is 1.09 bits per heavy atom. The summed E-state index contributed by atoms with van der Waals surface area (Å²) in [7, 11) is 0. The maximum atomic E-state index is 12.3. The monoisotopic (exact) mass is 308 g/mol. The Morgan fingerprint density at radius 2 is 1.82 bits per heavy atom. The summed E-state index contributed by atoms with van der Waals surface area (Å²) in [6.45, 7) is 7.85. The van der Waals surface area contributed by atoms with Crippen LogP contribution in [0.4, 0.5) is 4.79 Å². The van der Waals surface area contributed by atoms with E-state index in [0.29, 0.717) is 6.54 Å². The van der Waals surface area contributed by atoms with Crippen LogP contribution in [0.5, 0.6) is 0 Å². The van der Waals surface area contributed by atoms with E-state index in [1.54, 1.807) is 13.8 Å². The molecule has 0 aromatic rings. The summed E-state index contributed by atoms with van der Waals surface area (Å²) >= 11 is 0. The Labute approximate surface area is 132 Å². The summed E-state index contributed by atoms with van der Waals surface area (Å²) in [4.78, 5) is 28.2. The van der Waals surface area contributed by atoms with Crippen LogP contribution < -0.4 is 10.6 Å². The van der Waals surface area contributed by atoms with E-state index in [1.165, 1.54) is 37.0 Å². The van der Waals surface area contributed by atoms with Gasteiger partial charge in [-0.1, -0.05) is 19.3 Å². The van der Waals surface area contributed by atoms with Crippen molar-refractivity contribution in [3.05, 3.63) is 0 Å². The van der Waals surface area contributed by atoms with E-state index in [1.807, 2.05) is 0 Å². The number of nitrogens with zero attached hydrogens (tertiary/aromatic N) is 2. The van der Waals surface area contributed by atoms with Gasteiger partial charge >= 0.3 is 6.03 Å². The van der Waals surface area contributed by atoms with Gasteiger partial charge in [0.05, 0.1) is 0 Å². The molecular weight excluding hydrogens is 280 g/mol. The number of piperazine rings is 1. The molecule has 2 heterocycles. The van der Waals surface area contributed by atoms with E-state index in [-0.39, 0.29) is 17.5 Å². The molecule has 0 aromatic carbocycles. The van der Waals surface area contributed by atoms with Crippen molar-refractivity contribution in [3.63, 3.8) is 0 Å². The number of hydrogen-bond acceptors (Lipinski definition) is 4. The first-order chi connectivity index (χ1) is 10.4. The van der Waals surface area contributed by atoms with Crippen LogP contribution in [-0.2, 0) is 4.79 Å². The molecular formula is C16H28N4O2. The lowest BCUT2D eigenvalue weighted by atomic mass is 9.79. The third-order valence-electron chi connectivity index (χ3n) is 5.51. The van der Waals surface area contributed by atoms with E-state index in [4.69, 9.17) is 0 Å². The van der Waals surface area contributed by atoms with Gasteiger partial charge in [-0.05, 0) is 26.7 Å². The second-order valence-corrected chi connectivity index (χ2v) is 7.46. The van der Waals surface area contributed by atoms with Gasteiger partial charge in [-0.3, -0.25) is 14.6 Å². The van der Waals surface area contributed by atoms with Crippen LogP contribution >= 0.6 is 0 Å². The Bertz CT molecular complexity index is 449. The van der Waals surface area contributed by atoms with Crippen molar-refractivity contribution in [1.82, 2.24) is 20.4 Å². The molecule has 22 heavy (non-hydrogen) atoms. The largest absolute Gasteiger partial charge is 0.325 e. The normalized spacial score (nSPS) is 28.2. The summed E-state index contributed by atoms with van der Waals surface area (Å²) in [5.74, 6) is -0.106. The Morgan fingerprint density at radius 3 is 2.45 bits per heavy atom. The highest BCUT2D eigenvalue weighted by molar-refractivity contribution is 6.06. The molecule has 0 bridgehead atoms. The maximum absolute atomic E-state index is 12.3. The molecule has 2 aliphatic heterocycles. The molecule has 1 spiro atoms. The molecule has 3 amide bonds. The lowest BCUT2D eigenvalue weighted by Crippen LogP contribution is -2.63. The predicted molar refractivity (Wildman–Crippen MR) is 84.6 cm³/mol. The average molecular weight is 308 g/mol. The number of hydrogen-bond donors (Lipinski definition) is 2. The van der Waals surface area contributed by atoms with Crippen molar-refractivity contribution >= 4 is 11.9 Å². The molecule has 3 rings (SSSR count). The lowest BCUT2D eigenvalue weighted by molar-refractivity contribution is -0.130. The van der Waals surface area contributed by atoms with Crippen molar-refractivity contribution in [3.8, 4) is 0 Å². The number of urea groups is 1. The molecule has 3 fully saturated rings. The van der Waals surface area contributed by atoms with E-state index in [0.717, 1.165) is 26.2 Å². The molecule has 1 aliphatic carbocycles. The lowest BCUT2D eigenvalue weighted by Gasteiger charge is -2.50. The minimum Gasteiger partial charge on any atom is -0.324 e. The van der Waals surface area contributed by atoms with Crippen molar-refractivity contribution in [2.75, 3.05) is 32.7 Å². The van der Waals surface area contributed by atoms with E-state index in [2.05, 4.69) is 15.5 Å². The van der Waals surface area contributed by atoms with E-state index < -0.39 is 5.54 Å². The highest BCUT2D eigenvalue weighted by Gasteiger charge is 2.45. The maximum Gasteiger partial charge on any atom is 0.325 e. The summed E-state index contributed by atoms with van der Waals surface area (Å²) in [5.41, 5.74) is -0.520. The topological polar surface area (TPSA) is 64.7 Å². The Balaban J connectivity index is 1.64. The molecule has 6 heteroatoms. The third kappa shape index (κ3) is 2.74. The van der Waals surface area contributed by atoms with Crippen LogP contribution in [0.1, 0.15) is 46.0 Å². The second-order valence-electron chi connectivity index (χ2n) is 7.46. The first-order valence-corrected chi connectivity index (χ1v) is 8.55. The molecule has 124 valence electrons. The van der Waals surface area contributed by atoms with Crippen LogP contribution in [0.3, 0.4) is 0 Å². The summed E-state index contributed by atoms with van der Waals surface area (Å²) in [5, 5.41) is 6.29. The van der Waals surface area contributed by atoms with Crippen molar-refractivity contribution in [2.24, 2.45) is 0 Å². The van der Waals surface area contributed by atoms with Crippen LogP contribution in [0.2, 0.25) is 0 Å². The van der Waals surface area contributed by atoms with Crippen molar-refractivity contribution < 1.29 is 9.59 Å². The van der Waals surface area contributed by atoms with Gasteiger partial charge in [-0.2, -0.15) is 0 Å². The highest BCUT2D eigenvalue weighted by Crippen LogP contribution is 2.34. The number of amides is 3. The first kappa shape index (κ1) is 15.7. The zero-order valence-electron chi connectivity index (χ0n) is 13.8. The number of rotatable bonds is 3. The van der Waals surface area contributed by atoms with Gasteiger partial charge in [-0.25, -0.2) is 4.79 Å². The molecule has 6 nitrogen and oxygen atoms in total. The predicted octanol–water partition coefficient (Wildman–Crippen LogP) is 0.925. The molecule has 2 N–H and O–H groups in total. The number of nitrogens with one attached hydrogen (secondary N) is 2. The fourth-order valence-electron chi connectivity index (χ4n) is 4.18. The molecule has 0 radical (unpaired) electrons. The standard InChI is InChI=1S/C16H28N4O2/c1-15(2)13(21)20(14(22)18-15)11-10-19-9-8-17-12-16(19)6-4-3-5-7-16/h17H,3-12H2,1-2H3,(H,18,22). The van der Waals surface area contributed by atoms with Gasteiger partial charge in [0.25, 0.3) is 5.91 Å². The molecule has 0 unspecified atom stereocenters. The summed E-state index contributed by atoms with van der Waals surface area (Å²) in [6, 6.07) is -0.247. The van der Waals surface area contributed by atoms with Crippen molar-refractivity contribution in [2.45, 2.75) is 57.0 Å². The zero-order chi connectivity index (χ0) is 15.8. The van der Waals surface area contributed by atoms with Crippen LogP contribution in [0.15, 0.2) is 0 Å². The first-order valence-electron chi connectivity index (χ1n) is 8.55. The smallest absolute Gasteiger partial charge is 0.324 e. The quantitative estimate of drug-likeness (QED) is 0.761. The van der Waals surface area contributed by atoms with Gasteiger partial charge < -0.3 is 10.6 Å². The summed E-state index contributed by atoms with van der Waals surface area (Å²) < 4.78 is 0. The highest BCUT2D eigenvalue weighted by atomic mass is 16.2. The Hall–Kier alpha value is -1.14. The summed E-state index contributed by atoms with van der Waals surface area (Å²) in [6.07, 6.45) is 6.36. The average Bonchev–Trinajstić information content (AvgIpc) is 2.68.